The van der Waals surface area contributed by atoms with Gasteiger partial charge in [0.25, 0.3) is 11.6 Å². The molecule has 0 aromatic heterocycles. The molecule has 45 nitrogen and oxygen atoms in total. The van der Waals surface area contributed by atoms with Gasteiger partial charge < -0.3 is 196 Å². The Morgan fingerprint density at radius 1 is 0.387 bits per heavy atom. The van der Waals surface area contributed by atoms with Crippen molar-refractivity contribution < 1.29 is 203 Å². The minimum Gasteiger partial charge on any atom is -0.477 e. The van der Waals surface area contributed by atoms with E-state index in [2.05, 4.69) is 47.3 Å². The first-order valence-corrected chi connectivity index (χ1v) is 49.2. The molecule has 0 radical (unpaired) electrons. The number of hydrogen-bond acceptors (Lipinski definition) is 39. The highest BCUT2D eigenvalue weighted by molar-refractivity contribution is 5.79. The summed E-state index contributed by atoms with van der Waals surface area (Å²) in [4.78, 5) is 80.1. The zero-order valence-corrected chi connectivity index (χ0v) is 79.2. The summed E-state index contributed by atoms with van der Waals surface area (Å²) in [5.41, 5.74) is 0. The first-order valence-electron chi connectivity index (χ1n) is 49.2. The Morgan fingerprint density at radius 3 is 1.17 bits per heavy atom. The number of aliphatic hydroxyl groups excluding tert-OH is 21. The van der Waals surface area contributed by atoms with Crippen molar-refractivity contribution in [2.75, 3.05) is 59.5 Å². The van der Waals surface area contributed by atoms with Crippen molar-refractivity contribution in [1.82, 2.24) is 21.3 Å². The van der Waals surface area contributed by atoms with E-state index < -0.39 is 315 Å². The third kappa shape index (κ3) is 37.2. The number of carbonyl (C=O) groups excluding carboxylic acids is 4. The number of aliphatic hydroxyl groups is 21. The number of aliphatic carboxylic acids is 2. The third-order valence-electron chi connectivity index (χ3n) is 25.9. The smallest absolute Gasteiger partial charge is 0.364 e. The standard InChI is InChI=1S/C92H162N4O41/c1-4-6-8-10-12-14-16-18-19-20-21-22-23-24-25-26-27-29-31-33-35-37-39-41-64(111)94-54(55(106)40-38-36-34-32-30-28-17-15-13-11-9-7-5-2)52-126-86-75(119)74(118)78(62(48-101)129-86)131-88-77(121)84(137-92(90(124)125)43-57(108)68(96-66(113)51-104)82(135-92)71(115)59(110)45-98)79(63(49-102)130-88)132-85-69(93-53(3)105)80(72(116)60(46-99)127-85)133-87-76(120)83(73(117)61(47-100)128-87)136-91(89(122)123)42-56(107)67(95-65(112)50-103)81(134-91)70(114)58(109)44-97/h18-19,38,40,54-63,67-88,97-104,106-110,114-121H,4-17,20-37,39,41-52H2,1-3H3,(H,93,105)(H,94,111)(H,95,112)(H,96,113)(H,122,123)(H,124,125)/b19-18-,40-38+/t54-,55+,56?,57?,58+,59+,60?,61?,62?,63?,67+,68+,69?,70+,71+,72-,73-,74+,75?,76?,77?,78+,79-,80+,81?,82?,83-,84+,85-,86+,87-,88-,91-,92-/m0/s1. The van der Waals surface area contributed by atoms with E-state index in [1.165, 1.54) is 128 Å². The minimum absolute atomic E-state index is 0.0811. The van der Waals surface area contributed by atoms with Gasteiger partial charge in [-0.1, -0.05) is 205 Å². The van der Waals surface area contributed by atoms with Gasteiger partial charge in [-0.3, -0.25) is 19.2 Å². The van der Waals surface area contributed by atoms with Crippen LogP contribution < -0.4 is 21.3 Å². The Balaban J connectivity index is 1.25. The zero-order chi connectivity index (χ0) is 101. The fourth-order valence-electron chi connectivity index (χ4n) is 18.0. The summed E-state index contributed by atoms with van der Waals surface area (Å²) in [5.74, 6) is -15.5. The molecule has 27 N–H and O–H groups in total. The van der Waals surface area contributed by atoms with Crippen molar-refractivity contribution in [2.24, 2.45) is 0 Å². The molecule has 12 unspecified atom stereocenters. The van der Waals surface area contributed by atoms with E-state index in [1.54, 1.807) is 6.08 Å². The lowest BCUT2D eigenvalue weighted by Gasteiger charge is -2.53. The molecular formula is C92H162N4O41. The zero-order valence-electron chi connectivity index (χ0n) is 79.2. The largest absolute Gasteiger partial charge is 0.477 e. The van der Waals surface area contributed by atoms with Gasteiger partial charge in [0.2, 0.25) is 23.6 Å². The van der Waals surface area contributed by atoms with Crippen LogP contribution in [0.1, 0.15) is 252 Å². The maximum atomic E-state index is 14.1. The topological polar surface area (TPSA) is 727 Å². The Kier molecular flexibility index (Phi) is 56.4. The Morgan fingerprint density at radius 2 is 0.752 bits per heavy atom. The van der Waals surface area contributed by atoms with Crippen LogP contribution in [-0.4, -0.2) is 420 Å². The number of rotatable bonds is 68. The molecule has 796 valence electrons. The molecule has 0 aromatic rings. The van der Waals surface area contributed by atoms with Crippen molar-refractivity contribution in [1.29, 1.82) is 0 Å². The highest BCUT2D eigenvalue weighted by Crippen LogP contribution is 2.43. The quantitative estimate of drug-likeness (QED) is 0.0213. The van der Waals surface area contributed by atoms with Crippen LogP contribution in [-0.2, 0) is 85.6 Å². The molecule has 6 aliphatic heterocycles. The summed E-state index contributed by atoms with van der Waals surface area (Å²) >= 11 is 0. The highest BCUT2D eigenvalue weighted by Gasteiger charge is 2.64. The molecule has 6 heterocycles. The molecule has 6 fully saturated rings. The van der Waals surface area contributed by atoms with Crippen LogP contribution in [0, 0.1) is 0 Å². The third-order valence-corrected chi connectivity index (χ3v) is 25.9. The van der Waals surface area contributed by atoms with Gasteiger partial charge >= 0.3 is 11.9 Å². The monoisotopic (exact) mass is 1980 g/mol. The van der Waals surface area contributed by atoms with Crippen molar-refractivity contribution in [3.63, 3.8) is 0 Å². The molecule has 0 aromatic carbocycles. The number of amides is 4. The number of nitrogens with one attached hydrogen (secondary N) is 4. The first-order chi connectivity index (χ1) is 65.6. The molecule has 6 aliphatic rings. The second kappa shape index (κ2) is 64.0. The number of carboxylic acid groups (broad SMARTS) is 2. The Labute approximate surface area is 799 Å². The fourth-order valence-corrected chi connectivity index (χ4v) is 18.0. The number of carbonyl (C=O) groups is 6. The number of unbranched alkanes of at least 4 members (excludes halogenated alkanes) is 30. The normalized spacial score (nSPS) is 33.5. The van der Waals surface area contributed by atoms with Crippen molar-refractivity contribution >= 4 is 35.6 Å². The number of carboxylic acids is 2. The van der Waals surface area contributed by atoms with Crippen molar-refractivity contribution in [3.05, 3.63) is 24.3 Å². The summed E-state index contributed by atoms with van der Waals surface area (Å²) in [6, 6.07) is -7.33. The maximum absolute atomic E-state index is 14.1. The number of hydrogen-bond donors (Lipinski definition) is 27. The van der Waals surface area contributed by atoms with Gasteiger partial charge in [-0.25, -0.2) is 9.59 Å². The molecule has 45 heteroatoms. The summed E-state index contributed by atoms with van der Waals surface area (Å²) in [6.07, 6.45) is -22.1. The second-order valence-electron chi connectivity index (χ2n) is 36.8. The lowest BCUT2D eigenvalue weighted by molar-refractivity contribution is -0.405. The predicted octanol–water partition coefficient (Wildman–Crippen LogP) is -3.03. The molecule has 0 aliphatic carbocycles. The van der Waals surface area contributed by atoms with Gasteiger partial charge in [0.05, 0.1) is 82.7 Å². The average Bonchev–Trinajstić information content (AvgIpc) is 0.778. The van der Waals surface area contributed by atoms with Gasteiger partial charge in [0.1, 0.15) is 147 Å². The molecule has 137 heavy (non-hydrogen) atoms. The predicted molar refractivity (Wildman–Crippen MR) is 479 cm³/mol. The fraction of sp³-hybridized carbons (Fsp3) is 0.891. The molecule has 0 bridgehead atoms. The van der Waals surface area contributed by atoms with Crippen LogP contribution >= 0.6 is 0 Å². The summed E-state index contributed by atoms with van der Waals surface area (Å²) in [5, 5.41) is 267. The van der Waals surface area contributed by atoms with Gasteiger partial charge in [0, 0.05) is 26.2 Å². The molecule has 6 saturated heterocycles. The first kappa shape index (κ1) is 121. The number of ether oxygens (including phenoxy) is 12. The molecule has 0 saturated carbocycles. The lowest BCUT2D eigenvalue weighted by Crippen LogP contribution is -2.72. The van der Waals surface area contributed by atoms with E-state index >= 15 is 0 Å². The van der Waals surface area contributed by atoms with E-state index in [-0.39, 0.29) is 6.42 Å². The summed E-state index contributed by atoms with van der Waals surface area (Å²) in [7, 11) is 0. The van der Waals surface area contributed by atoms with Crippen LogP contribution in [0.3, 0.4) is 0 Å². The number of allylic oxidation sites excluding steroid dienone is 3. The van der Waals surface area contributed by atoms with Gasteiger partial charge in [-0.05, 0) is 44.9 Å². The second-order valence-corrected chi connectivity index (χ2v) is 36.8. The molecule has 0 spiro atoms. The van der Waals surface area contributed by atoms with Gasteiger partial charge in [-0.2, -0.15) is 0 Å². The summed E-state index contributed by atoms with van der Waals surface area (Å²) in [6.45, 7) is -5.53. The average molecular weight is 1980 g/mol. The van der Waals surface area contributed by atoms with E-state index in [4.69, 9.17) is 56.8 Å². The van der Waals surface area contributed by atoms with Gasteiger partial charge in [-0.15, -0.1) is 0 Å². The van der Waals surface area contributed by atoms with Crippen LogP contribution in [0.5, 0.6) is 0 Å². The van der Waals surface area contributed by atoms with E-state index in [9.17, 15) is 146 Å². The SMILES string of the molecule is CCCCCCCC/C=C\CCCCCCCCCCCCCCCC(=O)N[C@@H](CO[C@@H]1OC(CO)[C@@H](O[C@@H]2OC(CO)[C@H](O[C@@H]3OC(CO)[C@H](O)[C@H](O[C@@H]4OC(CO)[C@H](O)[C@H](O[C@]5(C(=O)O)CC(O)[C@@H](NC(=O)CO)C([C@H](O)[C@H](O)CO)O5)C4O)C3NC(C)=O)[C@H](O[C@]3(C(=O)O)CC(O)[C@@H](NC(=O)CO)C([C@H](O)[C@H](O)CO)O3)C2O)[C@H](O)C1O)[C@H](O)/C=C/CCCCCCCCCCCCC. The van der Waals surface area contributed by atoms with Crippen LogP contribution in [0.15, 0.2) is 24.3 Å². The van der Waals surface area contributed by atoms with Crippen molar-refractivity contribution in [2.45, 2.75) is 459 Å². The minimum atomic E-state index is -3.58. The lowest BCUT2D eigenvalue weighted by atomic mass is 9.88. The molecule has 34 atom stereocenters. The van der Waals surface area contributed by atoms with Crippen molar-refractivity contribution in [3.8, 4) is 0 Å². The van der Waals surface area contributed by atoms with E-state index in [0.29, 0.717) is 12.8 Å². The Hall–Kier alpha value is -5.02. The van der Waals surface area contributed by atoms with E-state index in [0.717, 1.165) is 84.0 Å². The molecular weight excluding hydrogens is 1820 g/mol. The van der Waals surface area contributed by atoms with Crippen LogP contribution in [0.25, 0.3) is 0 Å². The van der Waals surface area contributed by atoms with E-state index in [1.807, 2.05) is 0 Å². The van der Waals surface area contributed by atoms with Gasteiger partial charge in [0.15, 0.2) is 25.2 Å². The Bertz CT molecular complexity index is 3440. The molecule has 4 amide bonds. The summed E-state index contributed by atoms with van der Waals surface area (Å²) < 4.78 is 72.3. The van der Waals surface area contributed by atoms with Crippen LogP contribution in [0.2, 0.25) is 0 Å². The maximum Gasteiger partial charge on any atom is 0.364 e. The molecule has 6 rings (SSSR count). The van der Waals surface area contributed by atoms with Crippen LogP contribution in [0.4, 0.5) is 0 Å². The highest BCUT2D eigenvalue weighted by atomic mass is 16.8.